The minimum atomic E-state index is -0.490. The molecule has 7 heteroatoms. The maximum absolute atomic E-state index is 12.7. The number of ketones is 1. The molecule has 0 aliphatic carbocycles. The second kappa shape index (κ2) is 9.32. The van der Waals surface area contributed by atoms with Crippen molar-refractivity contribution in [3.63, 3.8) is 0 Å². The van der Waals surface area contributed by atoms with Crippen molar-refractivity contribution < 1.29 is 14.5 Å². The lowest BCUT2D eigenvalue weighted by Gasteiger charge is -2.33. The van der Waals surface area contributed by atoms with Crippen molar-refractivity contribution in [1.82, 2.24) is 4.90 Å². The monoisotopic (exact) mass is 395 g/mol. The Kier molecular flexibility index (Phi) is 6.59. The number of amides is 1. The maximum Gasteiger partial charge on any atom is 0.269 e. The molecule has 1 amide bonds. The van der Waals surface area contributed by atoms with E-state index in [9.17, 15) is 19.7 Å². The fourth-order valence-electron chi connectivity index (χ4n) is 3.53. The van der Waals surface area contributed by atoms with Gasteiger partial charge in [0.1, 0.15) is 0 Å². The summed E-state index contributed by atoms with van der Waals surface area (Å²) in [6.45, 7) is 3.34. The number of nitrogens with zero attached hydrogens (tertiary/aromatic N) is 2. The quantitative estimate of drug-likeness (QED) is 0.429. The average Bonchev–Trinajstić information content (AvgIpc) is 2.74. The normalized spacial score (nSPS) is 16.3. The Balaban J connectivity index is 1.50. The third-order valence-electron chi connectivity index (χ3n) is 5.28. The van der Waals surface area contributed by atoms with Gasteiger partial charge >= 0.3 is 0 Å². The molecule has 1 atom stereocenters. The summed E-state index contributed by atoms with van der Waals surface area (Å²) in [6.07, 6.45) is 3.54. The van der Waals surface area contributed by atoms with Crippen molar-refractivity contribution >= 4 is 23.1 Å². The Labute approximate surface area is 169 Å². The Morgan fingerprint density at radius 3 is 2.34 bits per heavy atom. The number of hydrogen-bond donors (Lipinski definition) is 1. The summed E-state index contributed by atoms with van der Waals surface area (Å²) < 4.78 is 0. The summed E-state index contributed by atoms with van der Waals surface area (Å²) >= 11 is 0. The van der Waals surface area contributed by atoms with Crippen LogP contribution in [-0.2, 0) is 0 Å². The third kappa shape index (κ3) is 5.19. The number of anilines is 1. The molecular formula is C22H25N3O4. The van der Waals surface area contributed by atoms with Crippen molar-refractivity contribution in [2.75, 3.05) is 18.4 Å². The Hall–Kier alpha value is -3.22. The molecule has 7 nitrogen and oxygen atoms in total. The Morgan fingerprint density at radius 1 is 1.07 bits per heavy atom. The zero-order chi connectivity index (χ0) is 20.8. The third-order valence-corrected chi connectivity index (χ3v) is 5.28. The zero-order valence-electron chi connectivity index (χ0n) is 16.5. The molecule has 1 N–H and O–H groups in total. The zero-order valence-corrected chi connectivity index (χ0v) is 16.5. The number of rotatable bonds is 7. The first-order valence-corrected chi connectivity index (χ1v) is 9.88. The molecule has 1 fully saturated rings. The van der Waals surface area contributed by atoms with E-state index in [-0.39, 0.29) is 29.8 Å². The summed E-state index contributed by atoms with van der Waals surface area (Å²) in [5.41, 5.74) is 1.93. The highest BCUT2D eigenvalue weighted by Crippen LogP contribution is 2.20. The second-order valence-corrected chi connectivity index (χ2v) is 7.32. The second-order valence-electron chi connectivity index (χ2n) is 7.32. The summed E-state index contributed by atoms with van der Waals surface area (Å²) in [7, 11) is 0. The lowest BCUT2D eigenvalue weighted by atomic mass is 10.0. The van der Waals surface area contributed by atoms with Crippen LogP contribution in [0.2, 0.25) is 0 Å². The average molecular weight is 395 g/mol. The molecule has 1 heterocycles. The van der Waals surface area contributed by atoms with Gasteiger partial charge in [0.05, 0.1) is 4.92 Å². The number of piperidine rings is 1. The van der Waals surface area contributed by atoms with E-state index in [1.807, 2.05) is 29.2 Å². The van der Waals surface area contributed by atoms with Crippen LogP contribution in [0.1, 0.15) is 53.3 Å². The molecule has 2 aromatic rings. The largest absolute Gasteiger partial charge is 0.385 e. The van der Waals surface area contributed by atoms with E-state index in [4.69, 9.17) is 0 Å². The van der Waals surface area contributed by atoms with Gasteiger partial charge in [-0.25, -0.2) is 0 Å². The highest BCUT2D eigenvalue weighted by molar-refractivity contribution is 5.96. The van der Waals surface area contributed by atoms with E-state index < -0.39 is 4.92 Å². The predicted molar refractivity (Wildman–Crippen MR) is 111 cm³/mol. The van der Waals surface area contributed by atoms with Gasteiger partial charge in [0.25, 0.3) is 11.6 Å². The van der Waals surface area contributed by atoms with E-state index in [1.54, 1.807) is 0 Å². The number of carbonyl (C=O) groups is 2. The predicted octanol–water partition coefficient (Wildman–Crippen LogP) is 4.29. The van der Waals surface area contributed by atoms with E-state index >= 15 is 0 Å². The van der Waals surface area contributed by atoms with Gasteiger partial charge in [0.15, 0.2) is 5.78 Å². The lowest BCUT2D eigenvalue weighted by molar-refractivity contribution is -0.384. The van der Waals surface area contributed by atoms with Crippen LogP contribution in [0.4, 0.5) is 11.4 Å². The van der Waals surface area contributed by atoms with Crippen LogP contribution in [-0.4, -0.2) is 40.6 Å². The summed E-state index contributed by atoms with van der Waals surface area (Å²) in [5.74, 6) is -0.0182. The molecule has 0 aromatic heterocycles. The number of nitrogens with one attached hydrogen (secondary N) is 1. The van der Waals surface area contributed by atoms with Crippen molar-refractivity contribution in [3.05, 3.63) is 69.8 Å². The Morgan fingerprint density at radius 2 is 1.72 bits per heavy atom. The van der Waals surface area contributed by atoms with Gasteiger partial charge in [0, 0.05) is 54.5 Å². The number of nitro groups is 1. The molecule has 29 heavy (non-hydrogen) atoms. The van der Waals surface area contributed by atoms with Gasteiger partial charge in [-0.3, -0.25) is 19.7 Å². The molecule has 0 saturated carbocycles. The smallest absolute Gasteiger partial charge is 0.269 e. The molecule has 2 aromatic carbocycles. The molecule has 1 aliphatic heterocycles. The van der Waals surface area contributed by atoms with Crippen molar-refractivity contribution in [3.8, 4) is 0 Å². The van der Waals surface area contributed by atoms with E-state index in [0.717, 1.165) is 25.1 Å². The van der Waals surface area contributed by atoms with E-state index in [1.165, 1.54) is 30.7 Å². The topological polar surface area (TPSA) is 92.6 Å². The van der Waals surface area contributed by atoms with Crippen molar-refractivity contribution in [2.24, 2.45) is 0 Å². The fraction of sp³-hybridized carbons (Fsp3) is 0.364. The van der Waals surface area contributed by atoms with Crippen LogP contribution in [0.25, 0.3) is 0 Å². The van der Waals surface area contributed by atoms with Crippen molar-refractivity contribution in [2.45, 2.75) is 38.6 Å². The van der Waals surface area contributed by atoms with Gasteiger partial charge < -0.3 is 10.2 Å². The van der Waals surface area contributed by atoms with Gasteiger partial charge in [-0.2, -0.15) is 0 Å². The number of hydrogen-bond acceptors (Lipinski definition) is 5. The summed E-state index contributed by atoms with van der Waals surface area (Å²) in [6, 6.07) is 13.2. The molecule has 152 valence electrons. The number of likely N-dealkylation sites (tertiary alicyclic amines) is 1. The van der Waals surface area contributed by atoms with Crippen LogP contribution >= 0.6 is 0 Å². The molecule has 0 bridgehead atoms. The first-order chi connectivity index (χ1) is 14.0. The molecule has 0 unspecified atom stereocenters. The van der Waals surface area contributed by atoms with E-state index in [2.05, 4.69) is 12.2 Å². The molecule has 0 spiro atoms. The van der Waals surface area contributed by atoms with Crippen LogP contribution < -0.4 is 5.32 Å². The van der Waals surface area contributed by atoms with Gasteiger partial charge in [-0.1, -0.05) is 0 Å². The van der Waals surface area contributed by atoms with E-state index in [0.29, 0.717) is 17.7 Å². The minimum Gasteiger partial charge on any atom is -0.385 e. The number of carbonyl (C=O) groups excluding carboxylic acids is 2. The standard InChI is InChI=1S/C22H25N3O4/c1-16-4-2-3-15-24(16)22(27)18-5-9-19(10-6-18)23-14-13-21(26)17-7-11-20(12-8-17)25(28)29/h5-12,16,23H,2-4,13-15H2,1H3/t16-/m1/s1. The first-order valence-electron chi connectivity index (χ1n) is 9.88. The Bertz CT molecular complexity index is 878. The van der Waals surface area contributed by atoms with Gasteiger partial charge in [-0.05, 0) is 62.6 Å². The van der Waals surface area contributed by atoms with Crippen molar-refractivity contribution in [1.29, 1.82) is 0 Å². The van der Waals surface area contributed by atoms with Gasteiger partial charge in [-0.15, -0.1) is 0 Å². The van der Waals surface area contributed by atoms with Crippen LogP contribution in [0.15, 0.2) is 48.5 Å². The highest BCUT2D eigenvalue weighted by atomic mass is 16.6. The molecule has 1 aliphatic rings. The number of benzene rings is 2. The SMILES string of the molecule is C[C@@H]1CCCCN1C(=O)c1ccc(NCCC(=O)c2ccc([N+](=O)[O-])cc2)cc1. The summed E-state index contributed by atoms with van der Waals surface area (Å²) in [4.78, 5) is 37.0. The number of nitro benzene ring substituents is 1. The summed E-state index contributed by atoms with van der Waals surface area (Å²) in [5, 5.41) is 13.8. The number of Topliss-reactive ketones (excluding diaryl/α,β-unsaturated/α-hetero) is 1. The van der Waals surface area contributed by atoms with Crippen LogP contribution in [0.3, 0.4) is 0 Å². The molecular weight excluding hydrogens is 370 g/mol. The molecule has 1 saturated heterocycles. The molecule has 0 radical (unpaired) electrons. The molecule has 3 rings (SSSR count). The minimum absolute atomic E-state index is 0.0340. The maximum atomic E-state index is 12.7. The number of non-ortho nitro benzene ring substituents is 1. The van der Waals surface area contributed by atoms with Gasteiger partial charge in [0.2, 0.25) is 0 Å². The lowest BCUT2D eigenvalue weighted by Crippen LogP contribution is -2.41. The van der Waals surface area contributed by atoms with Crippen LogP contribution in [0, 0.1) is 10.1 Å². The highest BCUT2D eigenvalue weighted by Gasteiger charge is 2.24. The van der Waals surface area contributed by atoms with Crippen LogP contribution in [0.5, 0.6) is 0 Å². The first kappa shape index (κ1) is 20.5. The fourth-order valence-corrected chi connectivity index (χ4v) is 3.53.